The average molecular weight is 187 g/mol. The van der Waals surface area contributed by atoms with Crippen molar-refractivity contribution in [3.05, 3.63) is 48.7 Å². The number of hydrogen-bond donors (Lipinski definition) is 0. The molecular formula is C9H8KO2. The molecule has 0 aromatic heterocycles. The van der Waals surface area contributed by atoms with E-state index >= 15 is 0 Å². The molecule has 0 unspecified atom stereocenters. The number of benzene rings is 1. The zero-order chi connectivity index (χ0) is 8.10. The second kappa shape index (κ2) is 6.57. The Morgan fingerprint density at radius 2 is 1.92 bits per heavy atom. The second-order valence-corrected chi connectivity index (χ2v) is 1.94. The normalized spacial score (nSPS) is 8.00. The molecule has 0 heterocycles. The van der Waals surface area contributed by atoms with Gasteiger partial charge in [-0.2, -0.15) is 0 Å². The van der Waals surface area contributed by atoms with Gasteiger partial charge in [0.05, 0.1) is 11.8 Å². The molecule has 0 amide bonds. The van der Waals surface area contributed by atoms with E-state index in [1.54, 1.807) is 24.3 Å². The van der Waals surface area contributed by atoms with Crippen LogP contribution in [0, 0.1) is 0 Å². The summed E-state index contributed by atoms with van der Waals surface area (Å²) in [6.45, 7) is 3.28. The molecule has 1 rings (SSSR count). The van der Waals surface area contributed by atoms with Crippen molar-refractivity contribution in [1.82, 2.24) is 0 Å². The summed E-state index contributed by atoms with van der Waals surface area (Å²) in [5.41, 5.74) is 0.535. The fourth-order valence-corrected chi connectivity index (χ4v) is 0.718. The van der Waals surface area contributed by atoms with Crippen molar-refractivity contribution in [2.75, 3.05) is 0 Å². The van der Waals surface area contributed by atoms with Crippen LogP contribution in [0.5, 0.6) is 0 Å². The molecule has 1 aromatic rings. The van der Waals surface area contributed by atoms with E-state index in [4.69, 9.17) is 0 Å². The summed E-state index contributed by atoms with van der Waals surface area (Å²) in [5, 5.41) is 0. The first-order valence-electron chi connectivity index (χ1n) is 3.21. The van der Waals surface area contributed by atoms with Gasteiger partial charge in [0.25, 0.3) is 0 Å². The summed E-state index contributed by atoms with van der Waals surface area (Å²) >= 11 is 0. The minimum Gasteiger partial charge on any atom is -0.432 e. The smallest absolute Gasteiger partial charge is 0.342 e. The first-order valence-corrected chi connectivity index (χ1v) is 3.21. The zero-order valence-corrected chi connectivity index (χ0v) is 10.1. The predicted molar refractivity (Wildman–Crippen MR) is 47.8 cm³/mol. The number of carbonyl (C=O) groups excluding carboxylic acids is 1. The van der Waals surface area contributed by atoms with Crippen molar-refractivity contribution >= 4 is 57.4 Å². The Kier molecular flexibility index (Phi) is 6.60. The monoisotopic (exact) mass is 187 g/mol. The predicted octanol–water partition coefficient (Wildman–Crippen LogP) is 1.61. The summed E-state index contributed by atoms with van der Waals surface area (Å²) in [7, 11) is 0. The Labute approximate surface area is 114 Å². The van der Waals surface area contributed by atoms with E-state index in [0.717, 1.165) is 6.26 Å². The van der Waals surface area contributed by atoms with Gasteiger partial charge in [0.2, 0.25) is 0 Å². The molecule has 57 valence electrons. The third-order valence-corrected chi connectivity index (χ3v) is 1.20. The second-order valence-electron chi connectivity index (χ2n) is 1.94. The molecule has 0 aliphatic heterocycles. The third kappa shape index (κ3) is 3.65. The van der Waals surface area contributed by atoms with E-state index in [2.05, 4.69) is 11.3 Å². The summed E-state index contributed by atoms with van der Waals surface area (Å²) in [4.78, 5) is 11.0. The fraction of sp³-hybridized carbons (Fsp3) is 0. The van der Waals surface area contributed by atoms with Gasteiger partial charge in [-0.3, -0.25) is 0 Å². The van der Waals surface area contributed by atoms with Crippen molar-refractivity contribution in [3.8, 4) is 0 Å². The minimum atomic E-state index is -0.374. The van der Waals surface area contributed by atoms with Crippen LogP contribution in [-0.4, -0.2) is 57.4 Å². The summed E-state index contributed by atoms with van der Waals surface area (Å²) in [6.07, 6.45) is 1.12. The van der Waals surface area contributed by atoms with E-state index in [1.807, 2.05) is 6.07 Å². The minimum absolute atomic E-state index is 0. The average Bonchev–Trinajstić information content (AvgIpc) is 2.07. The first-order chi connectivity index (χ1) is 5.34. The maximum absolute atomic E-state index is 11.0. The van der Waals surface area contributed by atoms with E-state index < -0.39 is 0 Å². The van der Waals surface area contributed by atoms with Crippen LogP contribution in [0.3, 0.4) is 0 Å². The van der Waals surface area contributed by atoms with Crippen LogP contribution in [0.4, 0.5) is 0 Å². The zero-order valence-electron chi connectivity index (χ0n) is 6.99. The van der Waals surface area contributed by atoms with E-state index in [9.17, 15) is 4.79 Å². The van der Waals surface area contributed by atoms with Crippen molar-refractivity contribution in [2.45, 2.75) is 0 Å². The van der Waals surface area contributed by atoms with Gasteiger partial charge in [0.1, 0.15) is 0 Å². The van der Waals surface area contributed by atoms with Gasteiger partial charge >= 0.3 is 5.97 Å². The van der Waals surface area contributed by atoms with Crippen LogP contribution in [0.1, 0.15) is 10.4 Å². The van der Waals surface area contributed by atoms with Gasteiger partial charge in [-0.05, 0) is 12.1 Å². The van der Waals surface area contributed by atoms with Crippen molar-refractivity contribution < 1.29 is 9.53 Å². The van der Waals surface area contributed by atoms with Crippen LogP contribution in [-0.2, 0) is 4.74 Å². The molecule has 3 heteroatoms. The molecule has 0 saturated heterocycles. The molecule has 2 nitrogen and oxygen atoms in total. The molecule has 0 saturated carbocycles. The molecule has 1 radical (unpaired) electrons. The number of esters is 1. The van der Waals surface area contributed by atoms with Gasteiger partial charge in [0.15, 0.2) is 0 Å². The molecule has 0 spiro atoms. The van der Waals surface area contributed by atoms with E-state index in [-0.39, 0.29) is 57.4 Å². The van der Waals surface area contributed by atoms with Crippen LogP contribution >= 0.6 is 0 Å². The summed E-state index contributed by atoms with van der Waals surface area (Å²) < 4.78 is 4.55. The van der Waals surface area contributed by atoms with Crippen molar-refractivity contribution in [1.29, 1.82) is 0 Å². The molecule has 0 atom stereocenters. The summed E-state index contributed by atoms with van der Waals surface area (Å²) in [6, 6.07) is 8.77. The van der Waals surface area contributed by atoms with Crippen molar-refractivity contribution in [3.63, 3.8) is 0 Å². The molecule has 0 bridgehead atoms. The number of ether oxygens (including phenoxy) is 1. The Morgan fingerprint density at radius 3 is 2.42 bits per heavy atom. The molecule has 0 aliphatic carbocycles. The Morgan fingerprint density at radius 1 is 1.33 bits per heavy atom. The summed E-state index contributed by atoms with van der Waals surface area (Å²) in [5.74, 6) is -0.374. The van der Waals surface area contributed by atoms with Gasteiger partial charge < -0.3 is 4.74 Å². The maximum Gasteiger partial charge on any atom is 0.342 e. The van der Waals surface area contributed by atoms with E-state index in [1.165, 1.54) is 0 Å². The molecule has 0 fully saturated rings. The topological polar surface area (TPSA) is 26.3 Å². The van der Waals surface area contributed by atoms with Crippen molar-refractivity contribution in [2.24, 2.45) is 0 Å². The van der Waals surface area contributed by atoms with Gasteiger partial charge in [-0.1, -0.05) is 24.8 Å². The van der Waals surface area contributed by atoms with Gasteiger partial charge in [0, 0.05) is 51.4 Å². The van der Waals surface area contributed by atoms with Crippen LogP contribution < -0.4 is 0 Å². The van der Waals surface area contributed by atoms with Crippen LogP contribution in [0.25, 0.3) is 0 Å². The maximum atomic E-state index is 11.0. The molecular weight excluding hydrogens is 179 g/mol. The largest absolute Gasteiger partial charge is 0.432 e. The number of hydrogen-bond acceptors (Lipinski definition) is 2. The first kappa shape index (κ1) is 12.1. The Bertz CT molecular complexity index is 256. The van der Waals surface area contributed by atoms with Crippen LogP contribution in [0.15, 0.2) is 43.2 Å². The SMILES string of the molecule is C=COC(=O)c1ccccc1.[K]. The number of rotatable bonds is 2. The molecule has 12 heavy (non-hydrogen) atoms. The fourth-order valence-electron chi connectivity index (χ4n) is 0.718. The quantitative estimate of drug-likeness (QED) is 0.399. The van der Waals surface area contributed by atoms with E-state index in [0.29, 0.717) is 5.56 Å². The van der Waals surface area contributed by atoms with Gasteiger partial charge in [-0.15, -0.1) is 0 Å². The molecule has 0 aliphatic rings. The molecule has 0 N–H and O–H groups in total. The Balaban J connectivity index is 0.00000121. The standard InChI is InChI=1S/C9H8O2.K/c1-2-11-9(10)8-6-4-3-5-7-8;/h2-7H,1H2;. The number of carbonyl (C=O) groups is 1. The Hall–Kier alpha value is 0.0664. The third-order valence-electron chi connectivity index (χ3n) is 1.20. The van der Waals surface area contributed by atoms with Crippen LogP contribution in [0.2, 0.25) is 0 Å². The van der Waals surface area contributed by atoms with Gasteiger partial charge in [-0.25, -0.2) is 4.79 Å². The molecule has 1 aromatic carbocycles.